The minimum absolute atomic E-state index is 0.150. The smallest absolute Gasteiger partial charge is 0.385 e. The fourth-order valence-electron chi connectivity index (χ4n) is 2.18. The lowest BCUT2D eigenvalue weighted by Gasteiger charge is -2.11. The molecule has 0 saturated carbocycles. The standard InChI is InChI=1S/C18H19F3N2O/c1-12-3-4-13(2)16(11-12)23-17(24)9-10-22-15-7-5-14(6-8-15)18(19,20)21/h3-8,11,22H,9-10H2,1-2H3,(H,23,24). The maximum Gasteiger partial charge on any atom is 0.416 e. The van der Waals surface area contributed by atoms with Gasteiger partial charge in [0.25, 0.3) is 0 Å². The van der Waals surface area contributed by atoms with E-state index >= 15 is 0 Å². The average Bonchev–Trinajstić information content (AvgIpc) is 2.50. The van der Waals surface area contributed by atoms with Crippen molar-refractivity contribution < 1.29 is 18.0 Å². The molecule has 6 heteroatoms. The first-order valence-corrected chi connectivity index (χ1v) is 7.54. The second kappa shape index (κ2) is 7.38. The molecule has 0 radical (unpaired) electrons. The lowest BCUT2D eigenvalue weighted by molar-refractivity contribution is -0.137. The zero-order chi connectivity index (χ0) is 17.7. The van der Waals surface area contributed by atoms with E-state index in [1.54, 1.807) is 0 Å². The molecule has 0 heterocycles. The molecule has 128 valence electrons. The number of rotatable bonds is 5. The Morgan fingerprint density at radius 3 is 2.33 bits per heavy atom. The van der Waals surface area contributed by atoms with Crippen LogP contribution in [0.2, 0.25) is 0 Å². The van der Waals surface area contributed by atoms with Crippen molar-refractivity contribution in [3.05, 3.63) is 59.2 Å². The molecule has 0 aromatic heterocycles. The van der Waals surface area contributed by atoms with E-state index in [-0.39, 0.29) is 12.3 Å². The van der Waals surface area contributed by atoms with Crippen molar-refractivity contribution in [2.45, 2.75) is 26.4 Å². The highest BCUT2D eigenvalue weighted by Gasteiger charge is 2.29. The Morgan fingerprint density at radius 2 is 1.71 bits per heavy atom. The summed E-state index contributed by atoms with van der Waals surface area (Å²) < 4.78 is 37.4. The Bertz CT molecular complexity index is 709. The van der Waals surface area contributed by atoms with Gasteiger partial charge in [-0.25, -0.2) is 0 Å². The summed E-state index contributed by atoms with van der Waals surface area (Å²) in [6.07, 6.45) is -4.13. The molecule has 0 aliphatic carbocycles. The molecule has 0 unspecified atom stereocenters. The van der Waals surface area contributed by atoms with Crippen LogP contribution < -0.4 is 10.6 Å². The van der Waals surface area contributed by atoms with Crippen LogP contribution in [0.5, 0.6) is 0 Å². The lowest BCUT2D eigenvalue weighted by Crippen LogP contribution is -2.17. The third kappa shape index (κ3) is 5.01. The number of benzene rings is 2. The molecule has 2 aromatic rings. The van der Waals surface area contributed by atoms with E-state index in [1.165, 1.54) is 12.1 Å². The van der Waals surface area contributed by atoms with Gasteiger partial charge in [0, 0.05) is 24.3 Å². The Balaban J connectivity index is 1.83. The highest BCUT2D eigenvalue weighted by Crippen LogP contribution is 2.29. The van der Waals surface area contributed by atoms with Gasteiger partial charge in [0.15, 0.2) is 0 Å². The Morgan fingerprint density at radius 1 is 1.04 bits per heavy atom. The van der Waals surface area contributed by atoms with E-state index in [9.17, 15) is 18.0 Å². The van der Waals surface area contributed by atoms with Crippen LogP contribution in [0.4, 0.5) is 24.5 Å². The predicted molar refractivity (Wildman–Crippen MR) is 89.1 cm³/mol. The summed E-state index contributed by atoms with van der Waals surface area (Å²) in [7, 11) is 0. The first kappa shape index (κ1) is 17.8. The summed E-state index contributed by atoms with van der Waals surface area (Å²) in [5.41, 5.74) is 2.65. The molecular weight excluding hydrogens is 317 g/mol. The Hall–Kier alpha value is -2.50. The summed E-state index contributed by atoms with van der Waals surface area (Å²) in [6.45, 7) is 4.19. The molecule has 0 aliphatic rings. The van der Waals surface area contributed by atoms with Crippen LogP contribution in [-0.4, -0.2) is 12.5 Å². The quantitative estimate of drug-likeness (QED) is 0.826. The van der Waals surface area contributed by atoms with Gasteiger partial charge in [0.1, 0.15) is 0 Å². The number of aryl methyl sites for hydroxylation is 2. The first-order valence-electron chi connectivity index (χ1n) is 7.54. The SMILES string of the molecule is Cc1ccc(C)c(NC(=O)CCNc2ccc(C(F)(F)F)cc2)c1. The second-order valence-electron chi connectivity index (χ2n) is 5.62. The van der Waals surface area contributed by atoms with Gasteiger partial charge >= 0.3 is 6.18 Å². The molecule has 2 rings (SSSR count). The van der Waals surface area contributed by atoms with Crippen molar-refractivity contribution in [2.75, 3.05) is 17.2 Å². The zero-order valence-electron chi connectivity index (χ0n) is 13.5. The number of carbonyl (C=O) groups excluding carboxylic acids is 1. The molecule has 0 bridgehead atoms. The van der Waals surface area contributed by atoms with Gasteiger partial charge in [-0.2, -0.15) is 13.2 Å². The average molecular weight is 336 g/mol. The lowest BCUT2D eigenvalue weighted by atomic mass is 10.1. The van der Waals surface area contributed by atoms with Gasteiger partial charge in [-0.1, -0.05) is 12.1 Å². The zero-order valence-corrected chi connectivity index (χ0v) is 13.5. The highest BCUT2D eigenvalue weighted by atomic mass is 19.4. The van der Waals surface area contributed by atoms with Crippen LogP contribution in [0, 0.1) is 13.8 Å². The molecule has 3 nitrogen and oxygen atoms in total. The normalized spacial score (nSPS) is 11.2. The summed E-state index contributed by atoms with van der Waals surface area (Å²) in [6, 6.07) is 10.5. The van der Waals surface area contributed by atoms with Gasteiger partial charge in [-0.05, 0) is 55.3 Å². The van der Waals surface area contributed by atoms with Crippen molar-refractivity contribution in [3.63, 3.8) is 0 Å². The van der Waals surface area contributed by atoms with Gasteiger partial charge in [-0.15, -0.1) is 0 Å². The topological polar surface area (TPSA) is 41.1 Å². The number of hydrogen-bond acceptors (Lipinski definition) is 2. The molecular formula is C18H19F3N2O. The van der Waals surface area contributed by atoms with E-state index in [4.69, 9.17) is 0 Å². The van der Waals surface area contributed by atoms with Crippen molar-refractivity contribution in [2.24, 2.45) is 0 Å². The number of nitrogens with one attached hydrogen (secondary N) is 2. The van der Waals surface area contributed by atoms with Gasteiger partial charge in [0.05, 0.1) is 5.56 Å². The van der Waals surface area contributed by atoms with E-state index in [1.807, 2.05) is 32.0 Å². The van der Waals surface area contributed by atoms with Gasteiger partial charge in [0.2, 0.25) is 5.91 Å². The molecule has 0 fully saturated rings. The van der Waals surface area contributed by atoms with Crippen molar-refractivity contribution in [3.8, 4) is 0 Å². The first-order chi connectivity index (χ1) is 11.3. The molecule has 2 N–H and O–H groups in total. The number of anilines is 2. The summed E-state index contributed by atoms with van der Waals surface area (Å²) in [5, 5.41) is 5.78. The number of hydrogen-bond donors (Lipinski definition) is 2. The number of carbonyl (C=O) groups is 1. The second-order valence-corrected chi connectivity index (χ2v) is 5.62. The van der Waals surface area contributed by atoms with Crippen LogP contribution >= 0.6 is 0 Å². The third-order valence-corrected chi connectivity index (χ3v) is 3.56. The molecule has 0 atom stereocenters. The fraction of sp³-hybridized carbons (Fsp3) is 0.278. The largest absolute Gasteiger partial charge is 0.416 e. The van der Waals surface area contributed by atoms with Crippen LogP contribution in [0.15, 0.2) is 42.5 Å². The maximum absolute atomic E-state index is 12.5. The number of alkyl halides is 3. The van der Waals surface area contributed by atoms with E-state index in [2.05, 4.69) is 10.6 Å². The Labute approximate surface area is 138 Å². The number of amides is 1. The molecule has 0 spiro atoms. The van der Waals surface area contributed by atoms with Crippen molar-refractivity contribution in [1.82, 2.24) is 0 Å². The summed E-state index contributed by atoms with van der Waals surface area (Å²) >= 11 is 0. The van der Waals surface area contributed by atoms with Crippen molar-refractivity contribution in [1.29, 1.82) is 0 Å². The van der Waals surface area contributed by atoms with Crippen LogP contribution in [0.1, 0.15) is 23.1 Å². The summed E-state index contributed by atoms with van der Waals surface area (Å²) in [5.74, 6) is -0.150. The monoisotopic (exact) mass is 336 g/mol. The van der Waals surface area contributed by atoms with Gasteiger partial charge in [-0.3, -0.25) is 4.79 Å². The van der Waals surface area contributed by atoms with Crippen LogP contribution in [0.25, 0.3) is 0 Å². The Kier molecular flexibility index (Phi) is 5.49. The van der Waals surface area contributed by atoms with Crippen LogP contribution in [0.3, 0.4) is 0 Å². The molecule has 0 saturated heterocycles. The third-order valence-electron chi connectivity index (χ3n) is 3.56. The summed E-state index contributed by atoms with van der Waals surface area (Å²) in [4.78, 5) is 12.0. The molecule has 1 amide bonds. The fourth-order valence-corrected chi connectivity index (χ4v) is 2.18. The number of halogens is 3. The van der Waals surface area contributed by atoms with Crippen molar-refractivity contribution >= 4 is 17.3 Å². The van der Waals surface area contributed by atoms with Gasteiger partial charge < -0.3 is 10.6 Å². The minimum Gasteiger partial charge on any atom is -0.385 e. The maximum atomic E-state index is 12.5. The molecule has 2 aromatic carbocycles. The van der Waals surface area contributed by atoms with E-state index < -0.39 is 11.7 Å². The van der Waals surface area contributed by atoms with E-state index in [0.717, 1.165) is 28.9 Å². The van der Waals surface area contributed by atoms with E-state index in [0.29, 0.717) is 12.2 Å². The predicted octanol–water partition coefficient (Wildman–Crippen LogP) is 4.76. The molecule has 24 heavy (non-hydrogen) atoms. The molecule has 0 aliphatic heterocycles. The highest BCUT2D eigenvalue weighted by molar-refractivity contribution is 5.91. The van der Waals surface area contributed by atoms with Crippen LogP contribution in [-0.2, 0) is 11.0 Å². The minimum atomic E-state index is -4.34.